The minimum atomic E-state index is 0.225. The van der Waals surface area contributed by atoms with Gasteiger partial charge in [0.15, 0.2) is 0 Å². The maximum absolute atomic E-state index is 11.9. The van der Waals surface area contributed by atoms with Crippen molar-refractivity contribution in [3.8, 4) is 0 Å². The van der Waals surface area contributed by atoms with Crippen LogP contribution in [-0.4, -0.2) is 30.4 Å². The molecule has 0 saturated carbocycles. The standard InChI is InChI=1S/C13H22N2OS/c1-11(10-12-6-5-9-17-12)15(2)13(16)7-3-4-8-14/h5-6,9,11H,3-4,7-8,10,14H2,1-2H3. The van der Waals surface area contributed by atoms with Crippen LogP contribution in [0.2, 0.25) is 0 Å². The Bertz CT molecular complexity index is 324. The molecule has 1 aromatic heterocycles. The SMILES string of the molecule is CC(Cc1cccs1)N(C)C(=O)CCCCN. The number of hydrogen-bond donors (Lipinski definition) is 1. The molecule has 1 unspecified atom stereocenters. The van der Waals surface area contributed by atoms with Gasteiger partial charge in [-0.2, -0.15) is 0 Å². The number of amides is 1. The van der Waals surface area contributed by atoms with Gasteiger partial charge in [0.25, 0.3) is 0 Å². The van der Waals surface area contributed by atoms with Gasteiger partial charge in [0.2, 0.25) is 5.91 Å². The first-order valence-electron chi connectivity index (χ1n) is 6.13. The third-order valence-corrected chi connectivity index (χ3v) is 3.87. The van der Waals surface area contributed by atoms with Crippen molar-refractivity contribution in [3.05, 3.63) is 22.4 Å². The molecule has 0 bridgehead atoms. The number of nitrogens with zero attached hydrogens (tertiary/aromatic N) is 1. The van der Waals surface area contributed by atoms with E-state index in [1.165, 1.54) is 4.88 Å². The fraction of sp³-hybridized carbons (Fsp3) is 0.615. The number of thiophene rings is 1. The van der Waals surface area contributed by atoms with Crippen molar-refractivity contribution in [1.29, 1.82) is 0 Å². The smallest absolute Gasteiger partial charge is 0.222 e. The molecule has 0 spiro atoms. The lowest BCUT2D eigenvalue weighted by Gasteiger charge is -2.24. The molecule has 17 heavy (non-hydrogen) atoms. The molecule has 0 fully saturated rings. The number of likely N-dealkylation sites (N-methyl/N-ethyl adjacent to an activating group) is 1. The molecular weight excluding hydrogens is 232 g/mol. The second kappa shape index (κ2) is 7.45. The minimum absolute atomic E-state index is 0.225. The average molecular weight is 254 g/mol. The molecule has 96 valence electrons. The molecule has 1 rings (SSSR count). The van der Waals surface area contributed by atoms with Gasteiger partial charge in [-0.05, 0) is 37.8 Å². The van der Waals surface area contributed by atoms with Crippen molar-refractivity contribution < 1.29 is 4.79 Å². The molecule has 3 nitrogen and oxygen atoms in total. The van der Waals surface area contributed by atoms with E-state index in [1.807, 2.05) is 11.9 Å². The normalized spacial score (nSPS) is 12.4. The zero-order valence-electron chi connectivity index (χ0n) is 10.7. The summed E-state index contributed by atoms with van der Waals surface area (Å²) in [7, 11) is 1.89. The van der Waals surface area contributed by atoms with Crippen molar-refractivity contribution in [2.75, 3.05) is 13.6 Å². The second-order valence-corrected chi connectivity index (χ2v) is 5.42. The van der Waals surface area contributed by atoms with E-state index in [9.17, 15) is 4.79 Å². The molecule has 0 saturated heterocycles. The number of carbonyl (C=O) groups excluding carboxylic acids is 1. The van der Waals surface area contributed by atoms with Crippen molar-refractivity contribution in [2.24, 2.45) is 5.73 Å². The zero-order valence-corrected chi connectivity index (χ0v) is 11.5. The van der Waals surface area contributed by atoms with Crippen molar-refractivity contribution in [3.63, 3.8) is 0 Å². The molecule has 4 heteroatoms. The average Bonchev–Trinajstić information content (AvgIpc) is 2.81. The highest BCUT2D eigenvalue weighted by atomic mass is 32.1. The van der Waals surface area contributed by atoms with E-state index in [0.717, 1.165) is 19.3 Å². The number of rotatable bonds is 7. The van der Waals surface area contributed by atoms with Gasteiger partial charge < -0.3 is 10.6 Å². The van der Waals surface area contributed by atoms with Crippen LogP contribution in [0.1, 0.15) is 31.1 Å². The first-order chi connectivity index (χ1) is 8.15. The van der Waals surface area contributed by atoms with Crippen LogP contribution in [0.25, 0.3) is 0 Å². The van der Waals surface area contributed by atoms with E-state index in [0.29, 0.717) is 13.0 Å². The summed E-state index contributed by atoms with van der Waals surface area (Å²) in [6.07, 6.45) is 3.38. The van der Waals surface area contributed by atoms with Gasteiger partial charge in [0.05, 0.1) is 0 Å². The highest BCUT2D eigenvalue weighted by Gasteiger charge is 2.15. The molecule has 2 N–H and O–H groups in total. The third kappa shape index (κ3) is 4.88. The van der Waals surface area contributed by atoms with Crippen LogP contribution in [0, 0.1) is 0 Å². The first-order valence-corrected chi connectivity index (χ1v) is 7.01. The molecule has 1 atom stereocenters. The summed E-state index contributed by atoms with van der Waals surface area (Å²) in [5, 5.41) is 2.07. The molecule has 0 aliphatic rings. The maximum atomic E-state index is 11.9. The van der Waals surface area contributed by atoms with E-state index in [1.54, 1.807) is 11.3 Å². The molecular formula is C13H22N2OS. The second-order valence-electron chi connectivity index (χ2n) is 4.38. The Labute approximate surface area is 108 Å². The van der Waals surface area contributed by atoms with E-state index in [4.69, 9.17) is 5.73 Å². The van der Waals surface area contributed by atoms with Crippen LogP contribution < -0.4 is 5.73 Å². The molecule has 1 aromatic rings. The lowest BCUT2D eigenvalue weighted by molar-refractivity contribution is -0.131. The van der Waals surface area contributed by atoms with Gasteiger partial charge in [0, 0.05) is 30.8 Å². The lowest BCUT2D eigenvalue weighted by Crippen LogP contribution is -2.36. The van der Waals surface area contributed by atoms with E-state index >= 15 is 0 Å². The fourth-order valence-electron chi connectivity index (χ4n) is 1.70. The maximum Gasteiger partial charge on any atom is 0.222 e. The van der Waals surface area contributed by atoms with Gasteiger partial charge in [-0.1, -0.05) is 6.07 Å². The van der Waals surface area contributed by atoms with Crippen molar-refractivity contribution >= 4 is 17.2 Å². The Morgan fingerprint density at radius 3 is 2.88 bits per heavy atom. The Morgan fingerprint density at radius 2 is 2.29 bits per heavy atom. The lowest BCUT2D eigenvalue weighted by atomic mass is 10.1. The van der Waals surface area contributed by atoms with Crippen LogP contribution in [0.5, 0.6) is 0 Å². The quantitative estimate of drug-likeness (QED) is 0.759. The van der Waals surface area contributed by atoms with E-state index in [-0.39, 0.29) is 11.9 Å². The van der Waals surface area contributed by atoms with Gasteiger partial charge >= 0.3 is 0 Å². The largest absolute Gasteiger partial charge is 0.343 e. The highest BCUT2D eigenvalue weighted by molar-refractivity contribution is 7.09. The number of hydrogen-bond acceptors (Lipinski definition) is 3. The molecule has 0 aliphatic heterocycles. The fourth-order valence-corrected chi connectivity index (χ4v) is 2.53. The van der Waals surface area contributed by atoms with E-state index in [2.05, 4.69) is 24.4 Å². The van der Waals surface area contributed by atoms with E-state index < -0.39 is 0 Å². The highest BCUT2D eigenvalue weighted by Crippen LogP contribution is 2.14. The summed E-state index contributed by atoms with van der Waals surface area (Å²) in [6, 6.07) is 4.43. The Balaban J connectivity index is 2.35. The predicted octanol–water partition coefficient (Wildman–Crippen LogP) is 2.27. The van der Waals surface area contributed by atoms with Crippen molar-refractivity contribution in [2.45, 2.75) is 38.6 Å². The Hall–Kier alpha value is -0.870. The summed E-state index contributed by atoms with van der Waals surface area (Å²) >= 11 is 1.75. The molecule has 1 amide bonds. The minimum Gasteiger partial charge on any atom is -0.343 e. The molecule has 0 aliphatic carbocycles. The molecule has 1 heterocycles. The van der Waals surface area contributed by atoms with Crippen LogP contribution in [0.3, 0.4) is 0 Å². The number of nitrogens with two attached hydrogens (primary N) is 1. The number of unbranched alkanes of at least 4 members (excludes halogenated alkanes) is 1. The monoisotopic (exact) mass is 254 g/mol. The Kier molecular flexibility index (Phi) is 6.22. The molecule has 0 radical (unpaired) electrons. The van der Waals surface area contributed by atoms with Crippen molar-refractivity contribution in [1.82, 2.24) is 4.90 Å². The van der Waals surface area contributed by atoms with Gasteiger partial charge in [-0.3, -0.25) is 4.79 Å². The summed E-state index contributed by atoms with van der Waals surface area (Å²) in [5.41, 5.74) is 5.42. The van der Waals surface area contributed by atoms with Crippen LogP contribution in [0.4, 0.5) is 0 Å². The van der Waals surface area contributed by atoms with Gasteiger partial charge in [0.1, 0.15) is 0 Å². The van der Waals surface area contributed by atoms with Crippen LogP contribution in [-0.2, 0) is 11.2 Å². The van der Waals surface area contributed by atoms with Crippen LogP contribution >= 0.6 is 11.3 Å². The predicted molar refractivity (Wildman–Crippen MR) is 73.2 cm³/mol. The summed E-state index contributed by atoms with van der Waals surface area (Å²) in [4.78, 5) is 15.1. The Morgan fingerprint density at radius 1 is 1.53 bits per heavy atom. The molecule has 0 aromatic carbocycles. The zero-order chi connectivity index (χ0) is 12.7. The number of carbonyl (C=O) groups is 1. The van der Waals surface area contributed by atoms with Crippen LogP contribution in [0.15, 0.2) is 17.5 Å². The van der Waals surface area contributed by atoms with Gasteiger partial charge in [-0.25, -0.2) is 0 Å². The first kappa shape index (κ1) is 14.2. The summed E-state index contributed by atoms with van der Waals surface area (Å²) in [6.45, 7) is 2.77. The van der Waals surface area contributed by atoms with Gasteiger partial charge in [-0.15, -0.1) is 11.3 Å². The summed E-state index contributed by atoms with van der Waals surface area (Å²) < 4.78 is 0. The topological polar surface area (TPSA) is 46.3 Å². The third-order valence-electron chi connectivity index (χ3n) is 2.98. The summed E-state index contributed by atoms with van der Waals surface area (Å²) in [5.74, 6) is 0.225.